The molecule has 0 saturated carbocycles. The Hall–Kier alpha value is -1.21. The van der Waals surface area contributed by atoms with E-state index in [0.29, 0.717) is 6.61 Å². The second kappa shape index (κ2) is 7.54. The van der Waals surface area contributed by atoms with Gasteiger partial charge in [0.05, 0.1) is 10.2 Å². The van der Waals surface area contributed by atoms with Gasteiger partial charge in [0.25, 0.3) is 0 Å². The molecule has 0 saturated heterocycles. The van der Waals surface area contributed by atoms with E-state index >= 15 is 0 Å². The minimum atomic E-state index is 0.622. The molecule has 1 heterocycles. The summed E-state index contributed by atoms with van der Waals surface area (Å²) in [5.41, 5.74) is 2.16. The number of benzene rings is 1. The number of aromatic nitrogens is 2. The highest BCUT2D eigenvalue weighted by Gasteiger charge is 2.06. The molecule has 0 fully saturated rings. The summed E-state index contributed by atoms with van der Waals surface area (Å²) in [5, 5.41) is 3.33. The van der Waals surface area contributed by atoms with Crippen molar-refractivity contribution >= 4 is 28.4 Å². The molecule has 0 radical (unpaired) electrons. The molecule has 2 aromatic rings. The average molecular weight is 383 g/mol. The first kappa shape index (κ1) is 15.2. The first-order valence-electron chi connectivity index (χ1n) is 6.59. The van der Waals surface area contributed by atoms with Crippen LogP contribution in [0.1, 0.15) is 18.9 Å². The van der Waals surface area contributed by atoms with Crippen LogP contribution < -0.4 is 5.32 Å². The second-order valence-corrected chi connectivity index (χ2v) is 5.61. The molecule has 0 aliphatic heterocycles. The van der Waals surface area contributed by atoms with Crippen LogP contribution in [0.15, 0.2) is 30.5 Å². The summed E-state index contributed by atoms with van der Waals surface area (Å²) in [6, 6.07) is 8.14. The van der Waals surface area contributed by atoms with Gasteiger partial charge in [-0.05, 0) is 34.6 Å². The lowest BCUT2D eigenvalue weighted by Gasteiger charge is -2.08. The molecule has 0 amide bonds. The van der Waals surface area contributed by atoms with Crippen LogP contribution in [-0.2, 0) is 11.3 Å². The van der Waals surface area contributed by atoms with Crippen molar-refractivity contribution in [1.29, 1.82) is 0 Å². The predicted octanol–water partition coefficient (Wildman–Crippen LogP) is 3.72. The van der Waals surface area contributed by atoms with E-state index in [-0.39, 0.29) is 0 Å². The molecule has 0 unspecified atom stereocenters. The van der Waals surface area contributed by atoms with Crippen molar-refractivity contribution in [1.82, 2.24) is 9.97 Å². The molecule has 106 valence electrons. The highest BCUT2D eigenvalue weighted by atomic mass is 127. The summed E-state index contributed by atoms with van der Waals surface area (Å²) in [4.78, 5) is 9.00. The Labute approximate surface area is 133 Å². The van der Waals surface area contributed by atoms with Gasteiger partial charge >= 0.3 is 0 Å². The quantitative estimate of drug-likeness (QED) is 0.773. The molecular formula is C15H18IN3O. The first-order valence-corrected chi connectivity index (χ1v) is 7.67. The first-order chi connectivity index (χ1) is 9.74. The SMILES string of the molecule is CCCNc1nc(-c2ccc(COC)cc2)ncc1I. The fourth-order valence-electron chi connectivity index (χ4n) is 1.79. The van der Waals surface area contributed by atoms with E-state index in [1.807, 2.05) is 30.5 Å². The molecule has 1 aromatic carbocycles. The number of rotatable bonds is 6. The molecule has 5 heteroatoms. The molecule has 1 aromatic heterocycles. The molecule has 0 aliphatic carbocycles. The van der Waals surface area contributed by atoms with Gasteiger partial charge in [-0.3, -0.25) is 0 Å². The van der Waals surface area contributed by atoms with Crippen LogP contribution in [0.2, 0.25) is 0 Å². The third-order valence-electron chi connectivity index (χ3n) is 2.81. The van der Waals surface area contributed by atoms with E-state index in [9.17, 15) is 0 Å². The monoisotopic (exact) mass is 383 g/mol. The number of halogens is 1. The lowest BCUT2D eigenvalue weighted by atomic mass is 10.1. The normalized spacial score (nSPS) is 10.6. The third-order valence-corrected chi connectivity index (χ3v) is 3.60. The Morgan fingerprint density at radius 3 is 2.65 bits per heavy atom. The van der Waals surface area contributed by atoms with Crippen LogP contribution in [0.4, 0.5) is 5.82 Å². The van der Waals surface area contributed by atoms with E-state index in [4.69, 9.17) is 4.74 Å². The zero-order valence-corrected chi connectivity index (χ0v) is 13.8. The van der Waals surface area contributed by atoms with Crippen molar-refractivity contribution in [3.8, 4) is 11.4 Å². The van der Waals surface area contributed by atoms with E-state index in [1.165, 1.54) is 0 Å². The summed E-state index contributed by atoms with van der Waals surface area (Å²) < 4.78 is 6.15. The van der Waals surface area contributed by atoms with E-state index < -0.39 is 0 Å². The largest absolute Gasteiger partial charge is 0.380 e. The van der Waals surface area contributed by atoms with Crippen molar-refractivity contribution in [3.05, 3.63) is 39.6 Å². The Balaban J connectivity index is 2.23. The zero-order valence-electron chi connectivity index (χ0n) is 11.7. The highest BCUT2D eigenvalue weighted by Crippen LogP contribution is 2.21. The molecule has 20 heavy (non-hydrogen) atoms. The summed E-state index contributed by atoms with van der Waals surface area (Å²) in [7, 11) is 1.70. The topological polar surface area (TPSA) is 47.0 Å². The number of nitrogens with one attached hydrogen (secondary N) is 1. The summed E-state index contributed by atoms with van der Waals surface area (Å²) in [6.07, 6.45) is 2.92. The van der Waals surface area contributed by atoms with Crippen molar-refractivity contribution in [2.45, 2.75) is 20.0 Å². The van der Waals surface area contributed by atoms with Crippen LogP contribution in [-0.4, -0.2) is 23.6 Å². The molecule has 0 aliphatic rings. The smallest absolute Gasteiger partial charge is 0.161 e. The van der Waals surface area contributed by atoms with Crippen LogP contribution in [0.5, 0.6) is 0 Å². The summed E-state index contributed by atoms with van der Waals surface area (Å²) >= 11 is 2.25. The number of methoxy groups -OCH3 is 1. The van der Waals surface area contributed by atoms with Gasteiger partial charge in [0.2, 0.25) is 0 Å². The average Bonchev–Trinajstić information content (AvgIpc) is 2.48. The zero-order chi connectivity index (χ0) is 14.4. The van der Waals surface area contributed by atoms with Gasteiger partial charge < -0.3 is 10.1 Å². The van der Waals surface area contributed by atoms with Crippen molar-refractivity contribution in [3.63, 3.8) is 0 Å². The lowest BCUT2D eigenvalue weighted by Crippen LogP contribution is -2.05. The molecular weight excluding hydrogens is 365 g/mol. The fourth-order valence-corrected chi connectivity index (χ4v) is 2.24. The number of anilines is 1. The minimum Gasteiger partial charge on any atom is -0.380 e. The van der Waals surface area contributed by atoms with E-state index in [2.05, 4.69) is 44.8 Å². The predicted molar refractivity (Wildman–Crippen MR) is 89.7 cm³/mol. The Morgan fingerprint density at radius 1 is 1.25 bits per heavy atom. The maximum atomic E-state index is 5.11. The van der Waals surface area contributed by atoms with Gasteiger partial charge in [-0.1, -0.05) is 31.2 Å². The Morgan fingerprint density at radius 2 is 2.00 bits per heavy atom. The van der Waals surface area contributed by atoms with E-state index in [0.717, 1.165) is 39.3 Å². The standard InChI is InChI=1S/C15H18IN3O/c1-3-8-17-15-13(16)9-18-14(19-15)12-6-4-11(5-7-12)10-20-2/h4-7,9H,3,8,10H2,1-2H3,(H,17,18,19). The van der Waals surface area contributed by atoms with Gasteiger partial charge in [0.1, 0.15) is 5.82 Å². The Bertz CT molecular complexity index is 558. The summed E-state index contributed by atoms with van der Waals surface area (Å²) in [5.74, 6) is 1.64. The lowest BCUT2D eigenvalue weighted by molar-refractivity contribution is 0.185. The van der Waals surface area contributed by atoms with Gasteiger partial charge in [0, 0.05) is 25.4 Å². The van der Waals surface area contributed by atoms with Gasteiger partial charge in [-0.2, -0.15) is 0 Å². The second-order valence-electron chi connectivity index (χ2n) is 4.45. The van der Waals surface area contributed by atoms with Crippen molar-refractivity contribution < 1.29 is 4.74 Å². The maximum absolute atomic E-state index is 5.11. The number of hydrogen-bond acceptors (Lipinski definition) is 4. The van der Waals surface area contributed by atoms with Gasteiger partial charge in [-0.15, -0.1) is 0 Å². The molecule has 0 atom stereocenters. The molecule has 0 spiro atoms. The van der Waals surface area contributed by atoms with E-state index in [1.54, 1.807) is 7.11 Å². The van der Waals surface area contributed by atoms with Crippen LogP contribution in [0, 0.1) is 3.57 Å². The van der Waals surface area contributed by atoms with Gasteiger partial charge in [0.15, 0.2) is 5.82 Å². The van der Waals surface area contributed by atoms with Gasteiger partial charge in [-0.25, -0.2) is 9.97 Å². The number of ether oxygens (including phenoxy) is 1. The molecule has 1 N–H and O–H groups in total. The summed E-state index contributed by atoms with van der Waals surface area (Å²) in [6.45, 7) is 3.67. The van der Waals surface area contributed by atoms with Crippen molar-refractivity contribution in [2.24, 2.45) is 0 Å². The van der Waals surface area contributed by atoms with Crippen molar-refractivity contribution in [2.75, 3.05) is 19.0 Å². The highest BCUT2D eigenvalue weighted by molar-refractivity contribution is 14.1. The van der Waals surface area contributed by atoms with Crippen LogP contribution in [0.3, 0.4) is 0 Å². The molecule has 2 rings (SSSR count). The number of nitrogens with zero attached hydrogens (tertiary/aromatic N) is 2. The minimum absolute atomic E-state index is 0.622. The third kappa shape index (κ3) is 3.89. The Kier molecular flexibility index (Phi) is 5.72. The number of hydrogen-bond donors (Lipinski definition) is 1. The molecule has 4 nitrogen and oxygen atoms in total. The van der Waals surface area contributed by atoms with Crippen LogP contribution >= 0.6 is 22.6 Å². The fraction of sp³-hybridized carbons (Fsp3) is 0.333. The molecule has 0 bridgehead atoms. The van der Waals surface area contributed by atoms with Crippen LogP contribution in [0.25, 0.3) is 11.4 Å². The maximum Gasteiger partial charge on any atom is 0.161 e.